The van der Waals surface area contributed by atoms with Gasteiger partial charge in [0.15, 0.2) is 0 Å². The van der Waals surface area contributed by atoms with Crippen LogP contribution in [0.2, 0.25) is 0 Å². The van der Waals surface area contributed by atoms with Gasteiger partial charge in [-0.05, 0) is 75.9 Å². The Labute approximate surface area is 157 Å². The van der Waals surface area contributed by atoms with Gasteiger partial charge in [-0.15, -0.1) is 24.8 Å². The predicted octanol–water partition coefficient (Wildman–Crippen LogP) is 3.35. The number of piperidine rings is 1. The fourth-order valence-corrected chi connectivity index (χ4v) is 3.56. The number of hydrogen-bond donors (Lipinski definition) is 2. The van der Waals surface area contributed by atoms with Crippen LogP contribution in [0.25, 0.3) is 0 Å². The van der Waals surface area contributed by atoms with E-state index in [2.05, 4.69) is 28.6 Å². The number of nitrogens with one attached hydrogen (secondary N) is 2. The van der Waals surface area contributed by atoms with E-state index in [9.17, 15) is 4.79 Å². The molecule has 2 N–H and O–H groups in total. The topological polar surface area (TPSA) is 44.4 Å². The van der Waals surface area contributed by atoms with E-state index in [4.69, 9.17) is 0 Å². The van der Waals surface area contributed by atoms with Gasteiger partial charge in [-0.3, -0.25) is 4.79 Å². The molecule has 136 valence electrons. The molecule has 1 aromatic carbocycles. The number of likely N-dealkylation sites (tertiary alicyclic amines) is 1. The third-order valence-corrected chi connectivity index (χ3v) is 5.02. The zero-order chi connectivity index (χ0) is 15.4. The summed E-state index contributed by atoms with van der Waals surface area (Å²) in [5.41, 5.74) is 3.17. The number of anilines is 1. The van der Waals surface area contributed by atoms with Crippen LogP contribution in [0, 0.1) is 5.92 Å². The van der Waals surface area contributed by atoms with Gasteiger partial charge in [0.25, 0.3) is 5.91 Å². The molecule has 0 atom stereocenters. The van der Waals surface area contributed by atoms with Gasteiger partial charge in [-0.1, -0.05) is 6.07 Å². The molecule has 3 rings (SSSR count). The van der Waals surface area contributed by atoms with Gasteiger partial charge in [-0.2, -0.15) is 0 Å². The Balaban J connectivity index is 0.00000144. The van der Waals surface area contributed by atoms with Crippen molar-refractivity contribution in [3.8, 4) is 0 Å². The van der Waals surface area contributed by atoms with E-state index < -0.39 is 0 Å². The van der Waals surface area contributed by atoms with Crippen LogP contribution in [0.4, 0.5) is 5.69 Å². The number of nitrogens with zero attached hydrogens (tertiary/aromatic N) is 1. The highest BCUT2D eigenvalue weighted by Gasteiger charge is 2.19. The van der Waals surface area contributed by atoms with E-state index >= 15 is 0 Å². The third-order valence-electron chi connectivity index (χ3n) is 5.02. The average molecular weight is 374 g/mol. The zero-order valence-electron chi connectivity index (χ0n) is 14.3. The maximum absolute atomic E-state index is 12.5. The zero-order valence-corrected chi connectivity index (χ0v) is 16.0. The van der Waals surface area contributed by atoms with E-state index in [1.54, 1.807) is 0 Å². The first kappa shape index (κ1) is 21.1. The Bertz CT molecular complexity index is 531. The monoisotopic (exact) mass is 373 g/mol. The Morgan fingerprint density at radius 2 is 2.04 bits per heavy atom. The number of rotatable bonds is 4. The van der Waals surface area contributed by atoms with Crippen molar-refractivity contribution < 1.29 is 4.79 Å². The number of halogens is 2. The molecule has 1 saturated heterocycles. The van der Waals surface area contributed by atoms with Crippen LogP contribution in [-0.4, -0.2) is 44.0 Å². The molecular formula is C18H29Cl2N3O. The molecule has 1 amide bonds. The van der Waals surface area contributed by atoms with Crippen molar-refractivity contribution in [3.63, 3.8) is 0 Å². The van der Waals surface area contributed by atoms with Crippen LogP contribution in [0.5, 0.6) is 0 Å². The maximum Gasteiger partial charge on any atom is 0.251 e. The third kappa shape index (κ3) is 5.27. The van der Waals surface area contributed by atoms with E-state index in [1.165, 1.54) is 31.5 Å². The Morgan fingerprint density at radius 1 is 1.29 bits per heavy atom. The van der Waals surface area contributed by atoms with Crippen molar-refractivity contribution in [1.82, 2.24) is 10.2 Å². The van der Waals surface area contributed by atoms with E-state index in [0.29, 0.717) is 0 Å². The van der Waals surface area contributed by atoms with Gasteiger partial charge in [0.2, 0.25) is 0 Å². The first-order valence-corrected chi connectivity index (χ1v) is 8.56. The van der Waals surface area contributed by atoms with Gasteiger partial charge >= 0.3 is 0 Å². The molecular weight excluding hydrogens is 345 g/mol. The highest BCUT2D eigenvalue weighted by Crippen LogP contribution is 2.25. The van der Waals surface area contributed by atoms with Gasteiger partial charge in [0.05, 0.1) is 0 Å². The smallest absolute Gasteiger partial charge is 0.251 e. The lowest BCUT2D eigenvalue weighted by atomic mass is 9.93. The molecule has 6 heteroatoms. The quantitative estimate of drug-likeness (QED) is 0.850. The molecule has 2 heterocycles. The SMILES string of the molecule is CN1CCC(CCNC(=O)c2cccc3c2CCCN3)CC1.Cl.Cl. The fraction of sp³-hybridized carbons (Fsp3) is 0.611. The molecule has 0 aromatic heterocycles. The summed E-state index contributed by atoms with van der Waals surface area (Å²) in [5, 5.41) is 6.51. The van der Waals surface area contributed by atoms with E-state index in [0.717, 1.165) is 49.5 Å². The van der Waals surface area contributed by atoms with Gasteiger partial charge in [0, 0.05) is 24.3 Å². The summed E-state index contributed by atoms with van der Waals surface area (Å²) in [5.74, 6) is 0.858. The van der Waals surface area contributed by atoms with Crippen molar-refractivity contribution in [1.29, 1.82) is 0 Å². The highest BCUT2D eigenvalue weighted by atomic mass is 35.5. The number of amides is 1. The number of carbonyl (C=O) groups is 1. The number of hydrogen-bond acceptors (Lipinski definition) is 3. The van der Waals surface area contributed by atoms with Crippen molar-refractivity contribution in [2.45, 2.75) is 32.1 Å². The van der Waals surface area contributed by atoms with Crippen molar-refractivity contribution in [3.05, 3.63) is 29.3 Å². The number of fused-ring (bicyclic) bond motifs is 1. The summed E-state index contributed by atoms with van der Waals surface area (Å²) in [6.45, 7) is 4.19. The van der Waals surface area contributed by atoms with Gasteiger partial charge in [0.1, 0.15) is 0 Å². The summed E-state index contributed by atoms with van der Waals surface area (Å²) in [6, 6.07) is 6.00. The van der Waals surface area contributed by atoms with Crippen molar-refractivity contribution in [2.24, 2.45) is 5.92 Å². The minimum Gasteiger partial charge on any atom is -0.385 e. The molecule has 24 heavy (non-hydrogen) atoms. The molecule has 1 fully saturated rings. The summed E-state index contributed by atoms with van der Waals surface area (Å²) in [6.07, 6.45) is 5.73. The molecule has 0 saturated carbocycles. The normalized spacial score (nSPS) is 17.7. The maximum atomic E-state index is 12.5. The second-order valence-electron chi connectivity index (χ2n) is 6.65. The molecule has 0 unspecified atom stereocenters. The lowest BCUT2D eigenvalue weighted by molar-refractivity contribution is 0.0948. The highest BCUT2D eigenvalue weighted by molar-refractivity contribution is 5.97. The van der Waals surface area contributed by atoms with Crippen LogP contribution < -0.4 is 10.6 Å². The van der Waals surface area contributed by atoms with Crippen molar-refractivity contribution in [2.75, 3.05) is 38.5 Å². The Kier molecular flexibility index (Phi) is 8.88. The van der Waals surface area contributed by atoms with E-state index in [-0.39, 0.29) is 30.7 Å². The molecule has 4 nitrogen and oxygen atoms in total. The first-order chi connectivity index (χ1) is 10.7. The molecule has 0 bridgehead atoms. The minimum absolute atomic E-state index is 0. The van der Waals surface area contributed by atoms with Crippen molar-refractivity contribution >= 4 is 36.4 Å². The average Bonchev–Trinajstić information content (AvgIpc) is 2.56. The predicted molar refractivity (Wildman–Crippen MR) is 105 cm³/mol. The summed E-state index contributed by atoms with van der Waals surface area (Å²) in [7, 11) is 2.19. The summed E-state index contributed by atoms with van der Waals surface area (Å²) >= 11 is 0. The minimum atomic E-state index is 0. The standard InChI is InChI=1S/C18H27N3O.2ClH/c1-21-12-8-14(9-13-21)7-11-20-18(22)16-4-2-6-17-15(16)5-3-10-19-17;;/h2,4,6,14,19H,3,5,7-13H2,1H3,(H,20,22);2*1H. The molecule has 0 radical (unpaired) electrons. The molecule has 0 aliphatic carbocycles. The van der Waals surface area contributed by atoms with Crippen LogP contribution in [0.1, 0.15) is 41.6 Å². The second kappa shape index (κ2) is 10.1. The number of benzene rings is 1. The second-order valence-corrected chi connectivity index (χ2v) is 6.65. The number of carbonyl (C=O) groups excluding carboxylic acids is 1. The molecule has 2 aliphatic heterocycles. The van der Waals surface area contributed by atoms with Crippen LogP contribution in [0.3, 0.4) is 0 Å². The van der Waals surface area contributed by atoms with Crippen LogP contribution in [-0.2, 0) is 6.42 Å². The molecule has 0 spiro atoms. The summed E-state index contributed by atoms with van der Waals surface area (Å²) < 4.78 is 0. The lowest BCUT2D eigenvalue weighted by Gasteiger charge is -2.29. The Hall–Kier alpha value is -0.970. The summed E-state index contributed by atoms with van der Waals surface area (Å²) in [4.78, 5) is 14.9. The largest absolute Gasteiger partial charge is 0.385 e. The first-order valence-electron chi connectivity index (χ1n) is 8.56. The van der Waals surface area contributed by atoms with Gasteiger partial charge < -0.3 is 15.5 Å². The molecule has 1 aromatic rings. The van der Waals surface area contributed by atoms with Gasteiger partial charge in [-0.25, -0.2) is 0 Å². The van der Waals surface area contributed by atoms with Crippen LogP contribution >= 0.6 is 24.8 Å². The molecule has 2 aliphatic rings. The van der Waals surface area contributed by atoms with E-state index in [1.807, 2.05) is 12.1 Å². The van der Waals surface area contributed by atoms with Crippen LogP contribution in [0.15, 0.2) is 18.2 Å². The fourth-order valence-electron chi connectivity index (χ4n) is 3.56. The Morgan fingerprint density at radius 3 is 2.79 bits per heavy atom. The lowest BCUT2D eigenvalue weighted by Crippen LogP contribution is -2.33.